The van der Waals surface area contributed by atoms with E-state index in [1.165, 1.54) is 17.0 Å². The lowest BCUT2D eigenvalue weighted by Gasteiger charge is -2.35. The minimum Gasteiger partial charge on any atom is -0.352 e. The molecule has 1 atom stereocenters. The smallest absolute Gasteiger partial charge is 0.264 e. The lowest BCUT2D eigenvalue weighted by molar-refractivity contribution is -0.140. The molecule has 1 saturated carbocycles. The fraction of sp³-hybridized carbons (Fsp3) is 0.394. The first-order chi connectivity index (χ1) is 20.5. The molecule has 0 bridgehead atoms. The van der Waals surface area contributed by atoms with Gasteiger partial charge in [-0.15, -0.1) is 0 Å². The fourth-order valence-electron chi connectivity index (χ4n) is 5.45. The normalized spacial score (nSPS) is 14.6. The molecule has 4 rings (SSSR count). The van der Waals surface area contributed by atoms with Gasteiger partial charge in [-0.1, -0.05) is 79.7 Å². The van der Waals surface area contributed by atoms with Crippen LogP contribution in [0.2, 0.25) is 10.0 Å². The number of carbonyl (C=O) groups excluding carboxylic acids is 2. The van der Waals surface area contributed by atoms with Crippen molar-refractivity contribution in [2.75, 3.05) is 10.8 Å². The highest BCUT2D eigenvalue weighted by molar-refractivity contribution is 7.92. The molecule has 0 aliphatic heterocycles. The number of nitrogens with zero attached hydrogens (tertiary/aromatic N) is 2. The number of rotatable bonds is 11. The summed E-state index contributed by atoms with van der Waals surface area (Å²) in [6, 6.07) is 17.5. The van der Waals surface area contributed by atoms with Crippen molar-refractivity contribution in [3.8, 4) is 0 Å². The minimum absolute atomic E-state index is 0.0432. The number of carbonyl (C=O) groups is 2. The average Bonchev–Trinajstić information content (AvgIpc) is 2.99. The molecule has 7 nitrogen and oxygen atoms in total. The van der Waals surface area contributed by atoms with Gasteiger partial charge < -0.3 is 10.2 Å². The Morgan fingerprint density at radius 1 is 0.907 bits per heavy atom. The van der Waals surface area contributed by atoms with Gasteiger partial charge in [0, 0.05) is 28.2 Å². The Bertz CT molecular complexity index is 1520. The number of benzene rings is 3. The zero-order chi connectivity index (χ0) is 31.1. The van der Waals surface area contributed by atoms with Crippen LogP contribution >= 0.6 is 23.2 Å². The van der Waals surface area contributed by atoms with E-state index in [1.54, 1.807) is 48.5 Å². The van der Waals surface area contributed by atoms with Gasteiger partial charge in [-0.05, 0) is 80.6 Å². The number of anilines is 1. The summed E-state index contributed by atoms with van der Waals surface area (Å²) in [6.45, 7) is 5.09. The van der Waals surface area contributed by atoms with Crippen LogP contribution < -0.4 is 9.62 Å². The third-order valence-electron chi connectivity index (χ3n) is 8.12. The highest BCUT2D eigenvalue weighted by atomic mass is 35.5. The van der Waals surface area contributed by atoms with Crippen molar-refractivity contribution in [2.45, 2.75) is 82.8 Å². The molecule has 0 unspecified atom stereocenters. The number of hydrogen-bond donors (Lipinski definition) is 1. The molecular weight excluding hydrogens is 605 g/mol. The van der Waals surface area contributed by atoms with Crippen LogP contribution in [-0.4, -0.2) is 43.8 Å². The van der Waals surface area contributed by atoms with E-state index in [-0.39, 0.29) is 23.4 Å². The second-order valence-electron chi connectivity index (χ2n) is 11.1. The lowest BCUT2D eigenvalue weighted by atomic mass is 9.95. The second-order valence-corrected chi connectivity index (χ2v) is 13.8. The Kier molecular flexibility index (Phi) is 11.2. The van der Waals surface area contributed by atoms with Gasteiger partial charge in [0.1, 0.15) is 12.6 Å². The maximum absolute atomic E-state index is 14.3. The number of amides is 2. The van der Waals surface area contributed by atoms with E-state index in [0.717, 1.165) is 47.5 Å². The zero-order valence-electron chi connectivity index (χ0n) is 24.9. The summed E-state index contributed by atoms with van der Waals surface area (Å²) in [6.07, 6.45) is 5.33. The molecule has 1 N–H and O–H groups in total. The van der Waals surface area contributed by atoms with Crippen LogP contribution in [0.3, 0.4) is 0 Å². The van der Waals surface area contributed by atoms with Gasteiger partial charge in [0.2, 0.25) is 11.8 Å². The zero-order valence-corrected chi connectivity index (χ0v) is 27.2. The standard InChI is InChI=1S/C33H39Cl2N3O4S/c1-4-31(33(40)36-25-12-7-5-8-13-25)37(21-28-29(34)16-11-17-30(28)35)32(39)22-38(26-19-18-23(2)24(3)20-26)43(41,42)27-14-9-6-10-15-27/h6,9-11,14-20,25,31H,4-5,7-8,12-13,21-22H2,1-3H3,(H,36,40)/t31-/m0/s1. The van der Waals surface area contributed by atoms with Crippen molar-refractivity contribution in [3.63, 3.8) is 0 Å². The molecule has 0 spiro atoms. The summed E-state index contributed by atoms with van der Waals surface area (Å²) < 4.78 is 29.2. The number of aryl methyl sites for hydroxylation is 2. The molecule has 0 saturated heterocycles. The van der Waals surface area contributed by atoms with Crippen molar-refractivity contribution in [2.24, 2.45) is 0 Å². The first-order valence-corrected chi connectivity index (χ1v) is 16.9. The van der Waals surface area contributed by atoms with Crippen LogP contribution in [0.5, 0.6) is 0 Å². The average molecular weight is 645 g/mol. The lowest BCUT2D eigenvalue weighted by Crippen LogP contribution is -2.54. The van der Waals surface area contributed by atoms with Gasteiger partial charge in [0.15, 0.2) is 0 Å². The number of halogens is 2. The van der Waals surface area contributed by atoms with Gasteiger partial charge in [0.25, 0.3) is 10.0 Å². The van der Waals surface area contributed by atoms with Gasteiger partial charge in [-0.2, -0.15) is 0 Å². The van der Waals surface area contributed by atoms with E-state index in [1.807, 2.05) is 26.8 Å². The molecule has 3 aromatic carbocycles. The van der Waals surface area contributed by atoms with E-state index < -0.39 is 28.5 Å². The summed E-state index contributed by atoms with van der Waals surface area (Å²) in [7, 11) is -4.14. The highest BCUT2D eigenvalue weighted by Gasteiger charge is 2.35. The molecule has 10 heteroatoms. The van der Waals surface area contributed by atoms with Crippen LogP contribution in [0.1, 0.15) is 62.1 Å². The molecular formula is C33H39Cl2N3O4S. The maximum Gasteiger partial charge on any atom is 0.264 e. The summed E-state index contributed by atoms with van der Waals surface area (Å²) in [5.74, 6) is -0.811. The van der Waals surface area contributed by atoms with E-state index in [0.29, 0.717) is 27.7 Å². The third kappa shape index (κ3) is 7.91. The Morgan fingerprint density at radius 3 is 2.16 bits per heavy atom. The Morgan fingerprint density at radius 2 is 1.56 bits per heavy atom. The van der Waals surface area contributed by atoms with Crippen molar-refractivity contribution in [1.29, 1.82) is 0 Å². The van der Waals surface area contributed by atoms with Crippen molar-refractivity contribution in [1.82, 2.24) is 10.2 Å². The van der Waals surface area contributed by atoms with E-state index in [9.17, 15) is 18.0 Å². The molecule has 3 aromatic rings. The summed E-state index contributed by atoms with van der Waals surface area (Å²) in [5, 5.41) is 3.86. The predicted octanol–water partition coefficient (Wildman–Crippen LogP) is 7.06. The highest BCUT2D eigenvalue weighted by Crippen LogP contribution is 2.30. The Balaban J connectivity index is 1.75. The topological polar surface area (TPSA) is 86.8 Å². The molecule has 2 amide bonds. The second kappa shape index (κ2) is 14.6. The fourth-order valence-corrected chi connectivity index (χ4v) is 7.39. The Hall–Kier alpha value is -3.07. The predicted molar refractivity (Wildman–Crippen MR) is 173 cm³/mol. The SMILES string of the molecule is CC[C@@H](C(=O)NC1CCCCC1)N(Cc1c(Cl)cccc1Cl)C(=O)CN(c1ccc(C)c(C)c1)S(=O)(=O)c1ccccc1. The van der Waals surface area contributed by atoms with Crippen LogP contribution in [0, 0.1) is 13.8 Å². The third-order valence-corrected chi connectivity index (χ3v) is 10.6. The molecule has 1 aliphatic carbocycles. The summed E-state index contributed by atoms with van der Waals surface area (Å²) >= 11 is 13.0. The number of nitrogens with one attached hydrogen (secondary N) is 1. The minimum atomic E-state index is -4.14. The molecule has 0 radical (unpaired) electrons. The van der Waals surface area contributed by atoms with Crippen LogP contribution in [-0.2, 0) is 26.2 Å². The molecule has 1 aliphatic rings. The van der Waals surface area contributed by atoms with Crippen LogP contribution in [0.15, 0.2) is 71.6 Å². The van der Waals surface area contributed by atoms with Gasteiger partial charge in [0.05, 0.1) is 10.6 Å². The van der Waals surface area contributed by atoms with Crippen molar-refractivity contribution in [3.05, 3.63) is 93.5 Å². The number of sulfonamides is 1. The first kappa shape index (κ1) is 32.8. The van der Waals surface area contributed by atoms with Crippen LogP contribution in [0.4, 0.5) is 5.69 Å². The van der Waals surface area contributed by atoms with E-state index in [4.69, 9.17) is 23.2 Å². The van der Waals surface area contributed by atoms with E-state index in [2.05, 4.69) is 5.32 Å². The van der Waals surface area contributed by atoms with Gasteiger partial charge in [-0.25, -0.2) is 8.42 Å². The molecule has 1 fully saturated rings. The first-order valence-electron chi connectivity index (χ1n) is 14.7. The molecule has 43 heavy (non-hydrogen) atoms. The van der Waals surface area contributed by atoms with Crippen molar-refractivity contribution >= 4 is 50.7 Å². The van der Waals surface area contributed by atoms with Gasteiger partial charge >= 0.3 is 0 Å². The van der Waals surface area contributed by atoms with E-state index >= 15 is 0 Å². The van der Waals surface area contributed by atoms with Crippen molar-refractivity contribution < 1.29 is 18.0 Å². The molecule has 0 heterocycles. The summed E-state index contributed by atoms with van der Waals surface area (Å²) in [4.78, 5) is 29.5. The monoisotopic (exact) mass is 643 g/mol. The number of hydrogen-bond acceptors (Lipinski definition) is 4. The van der Waals surface area contributed by atoms with Crippen LogP contribution in [0.25, 0.3) is 0 Å². The molecule has 230 valence electrons. The maximum atomic E-state index is 14.3. The Labute approximate surface area is 265 Å². The largest absolute Gasteiger partial charge is 0.352 e. The van der Waals surface area contributed by atoms with Gasteiger partial charge in [-0.3, -0.25) is 13.9 Å². The summed E-state index contributed by atoms with van der Waals surface area (Å²) in [5.41, 5.74) is 2.73. The molecule has 0 aromatic heterocycles. The quantitative estimate of drug-likeness (QED) is 0.242.